The molecule has 0 bridgehead atoms. The van der Waals surface area contributed by atoms with E-state index in [-0.39, 0.29) is 16.8 Å². The Kier molecular flexibility index (Phi) is 5.34. The van der Waals surface area contributed by atoms with E-state index in [1.54, 1.807) is 12.1 Å². The number of benzene rings is 1. The van der Waals surface area contributed by atoms with Crippen LogP contribution in [0, 0.1) is 16.0 Å². The van der Waals surface area contributed by atoms with Crippen molar-refractivity contribution in [2.45, 2.75) is 38.3 Å². The molecule has 0 saturated heterocycles. The van der Waals surface area contributed by atoms with Crippen LogP contribution in [0.5, 0.6) is 0 Å². The third kappa shape index (κ3) is 4.16. The van der Waals surface area contributed by atoms with E-state index in [1.807, 2.05) is 0 Å². The first kappa shape index (κ1) is 15.2. The summed E-state index contributed by atoms with van der Waals surface area (Å²) in [6.45, 7) is 1.40. The zero-order valence-corrected chi connectivity index (χ0v) is 12.0. The zero-order chi connectivity index (χ0) is 14.5. The van der Waals surface area contributed by atoms with Gasteiger partial charge in [-0.3, -0.25) is 10.1 Å². The second-order valence-corrected chi connectivity index (χ2v) is 5.77. The molecule has 1 aromatic rings. The van der Waals surface area contributed by atoms with Crippen molar-refractivity contribution in [2.24, 2.45) is 5.92 Å². The molecule has 0 aromatic heterocycles. The third-order valence-corrected chi connectivity index (χ3v) is 4.04. The first-order chi connectivity index (χ1) is 9.56. The van der Waals surface area contributed by atoms with Crippen molar-refractivity contribution >= 4 is 17.3 Å². The molecule has 1 aliphatic carbocycles. The van der Waals surface area contributed by atoms with E-state index >= 15 is 0 Å². The molecule has 1 aromatic carbocycles. The molecule has 1 aliphatic rings. The fraction of sp³-hybridized carbons (Fsp3) is 0.571. The fourth-order valence-corrected chi connectivity index (χ4v) is 2.86. The lowest BCUT2D eigenvalue weighted by Crippen LogP contribution is -2.28. The SMILES string of the molecule is O=[N+]([O-])c1cc(CNCC2CCCC(O)C2)ccc1Cl. The molecule has 5 nitrogen and oxygen atoms in total. The van der Waals surface area contributed by atoms with Gasteiger partial charge in [0.25, 0.3) is 5.69 Å². The molecule has 0 heterocycles. The van der Waals surface area contributed by atoms with Gasteiger partial charge in [-0.2, -0.15) is 0 Å². The first-order valence-corrected chi connectivity index (χ1v) is 7.25. The number of halogens is 1. The van der Waals surface area contributed by atoms with Gasteiger partial charge in [0.2, 0.25) is 0 Å². The van der Waals surface area contributed by atoms with E-state index in [9.17, 15) is 15.2 Å². The smallest absolute Gasteiger partial charge is 0.288 e. The second kappa shape index (κ2) is 7.02. The van der Waals surface area contributed by atoms with Gasteiger partial charge in [-0.05, 0) is 43.4 Å². The van der Waals surface area contributed by atoms with Crippen molar-refractivity contribution in [2.75, 3.05) is 6.54 Å². The number of rotatable bonds is 5. The lowest BCUT2D eigenvalue weighted by atomic mass is 9.87. The summed E-state index contributed by atoms with van der Waals surface area (Å²) in [5.41, 5.74) is 0.788. The van der Waals surface area contributed by atoms with Gasteiger partial charge in [0.15, 0.2) is 0 Å². The lowest BCUT2D eigenvalue weighted by molar-refractivity contribution is -0.384. The van der Waals surface area contributed by atoms with Gasteiger partial charge < -0.3 is 10.4 Å². The molecule has 110 valence electrons. The molecule has 0 aliphatic heterocycles. The van der Waals surface area contributed by atoms with Crippen LogP contribution in [0.1, 0.15) is 31.2 Å². The van der Waals surface area contributed by atoms with Crippen molar-refractivity contribution in [3.05, 3.63) is 38.9 Å². The van der Waals surface area contributed by atoms with E-state index in [4.69, 9.17) is 11.6 Å². The predicted octanol–water partition coefficient (Wildman–Crippen LogP) is 2.89. The number of aliphatic hydroxyl groups is 1. The topological polar surface area (TPSA) is 75.4 Å². The van der Waals surface area contributed by atoms with Crippen LogP contribution < -0.4 is 5.32 Å². The number of aliphatic hydroxyl groups excluding tert-OH is 1. The molecular weight excluding hydrogens is 280 g/mol. The average molecular weight is 299 g/mol. The molecule has 20 heavy (non-hydrogen) atoms. The highest BCUT2D eigenvalue weighted by Crippen LogP contribution is 2.26. The van der Waals surface area contributed by atoms with Crippen molar-refractivity contribution in [1.82, 2.24) is 5.32 Å². The molecule has 2 unspecified atom stereocenters. The standard InChI is InChI=1S/C14H19ClN2O3/c15-13-5-4-11(7-14(13)17(19)20)9-16-8-10-2-1-3-12(18)6-10/h4-5,7,10,12,16,18H,1-3,6,8-9H2. The Morgan fingerprint density at radius 1 is 1.45 bits per heavy atom. The number of hydrogen-bond acceptors (Lipinski definition) is 4. The maximum atomic E-state index is 10.8. The van der Waals surface area contributed by atoms with Gasteiger partial charge in [-0.15, -0.1) is 0 Å². The molecule has 0 amide bonds. The van der Waals surface area contributed by atoms with E-state index in [2.05, 4.69) is 5.32 Å². The van der Waals surface area contributed by atoms with Crippen molar-refractivity contribution in [3.8, 4) is 0 Å². The molecule has 1 fully saturated rings. The van der Waals surface area contributed by atoms with Gasteiger partial charge in [0.1, 0.15) is 5.02 Å². The summed E-state index contributed by atoms with van der Waals surface area (Å²) in [6.07, 6.45) is 3.77. The van der Waals surface area contributed by atoms with Crippen LogP contribution in [0.2, 0.25) is 5.02 Å². The second-order valence-electron chi connectivity index (χ2n) is 5.36. The van der Waals surface area contributed by atoms with Gasteiger partial charge >= 0.3 is 0 Å². The number of nitro benzene ring substituents is 1. The average Bonchev–Trinajstić information content (AvgIpc) is 2.40. The molecule has 6 heteroatoms. The van der Waals surface area contributed by atoms with Gasteiger partial charge in [0.05, 0.1) is 11.0 Å². The van der Waals surface area contributed by atoms with Crippen LogP contribution in [0.15, 0.2) is 18.2 Å². The van der Waals surface area contributed by atoms with Crippen molar-refractivity contribution in [1.29, 1.82) is 0 Å². The number of hydrogen-bond donors (Lipinski definition) is 2. The predicted molar refractivity (Wildman–Crippen MR) is 77.8 cm³/mol. The molecule has 2 N–H and O–H groups in total. The Morgan fingerprint density at radius 3 is 2.95 bits per heavy atom. The minimum absolute atomic E-state index is 0.0564. The Hall–Kier alpha value is -1.17. The van der Waals surface area contributed by atoms with Gasteiger partial charge in [-0.1, -0.05) is 24.1 Å². The maximum Gasteiger partial charge on any atom is 0.288 e. The van der Waals surface area contributed by atoms with E-state index < -0.39 is 4.92 Å². The van der Waals surface area contributed by atoms with Crippen LogP contribution in [-0.4, -0.2) is 22.7 Å². The molecule has 1 saturated carbocycles. The Morgan fingerprint density at radius 2 is 2.25 bits per heavy atom. The van der Waals surface area contributed by atoms with Crippen molar-refractivity contribution in [3.63, 3.8) is 0 Å². The van der Waals surface area contributed by atoms with Crippen LogP contribution in [0.3, 0.4) is 0 Å². The van der Waals surface area contributed by atoms with Crippen LogP contribution in [0.4, 0.5) is 5.69 Å². The summed E-state index contributed by atoms with van der Waals surface area (Å²) >= 11 is 5.77. The quantitative estimate of drug-likeness (QED) is 0.647. The molecule has 2 rings (SSSR count). The Labute approximate surface area is 123 Å². The molecule has 0 spiro atoms. The molecule has 0 radical (unpaired) electrons. The summed E-state index contributed by atoms with van der Waals surface area (Å²) in [7, 11) is 0. The lowest BCUT2D eigenvalue weighted by Gasteiger charge is -2.26. The minimum Gasteiger partial charge on any atom is -0.393 e. The minimum atomic E-state index is -0.469. The number of nitrogens with one attached hydrogen (secondary N) is 1. The largest absolute Gasteiger partial charge is 0.393 e. The normalized spacial score (nSPS) is 22.7. The van der Waals surface area contributed by atoms with Crippen LogP contribution in [-0.2, 0) is 6.54 Å². The first-order valence-electron chi connectivity index (χ1n) is 6.88. The molecular formula is C14H19ClN2O3. The summed E-state index contributed by atoms with van der Waals surface area (Å²) < 4.78 is 0. The molecule has 2 atom stereocenters. The number of nitrogens with zero attached hydrogens (tertiary/aromatic N) is 1. The third-order valence-electron chi connectivity index (χ3n) is 3.72. The van der Waals surface area contributed by atoms with E-state index in [1.165, 1.54) is 6.07 Å². The van der Waals surface area contributed by atoms with Gasteiger partial charge in [0, 0.05) is 12.6 Å². The van der Waals surface area contributed by atoms with Crippen LogP contribution >= 0.6 is 11.6 Å². The number of nitro groups is 1. The van der Waals surface area contributed by atoms with Crippen molar-refractivity contribution < 1.29 is 10.0 Å². The maximum absolute atomic E-state index is 10.8. The van der Waals surface area contributed by atoms with Crippen LogP contribution in [0.25, 0.3) is 0 Å². The fourth-order valence-electron chi connectivity index (χ4n) is 2.68. The Bertz CT molecular complexity index is 481. The van der Waals surface area contributed by atoms with E-state index in [0.717, 1.165) is 37.8 Å². The van der Waals surface area contributed by atoms with Gasteiger partial charge in [-0.25, -0.2) is 0 Å². The highest BCUT2D eigenvalue weighted by atomic mass is 35.5. The summed E-state index contributed by atoms with van der Waals surface area (Å²) in [6, 6.07) is 4.85. The summed E-state index contributed by atoms with van der Waals surface area (Å²) in [5, 5.41) is 23.9. The highest BCUT2D eigenvalue weighted by Gasteiger charge is 2.19. The summed E-state index contributed by atoms with van der Waals surface area (Å²) in [5.74, 6) is 0.487. The zero-order valence-electron chi connectivity index (χ0n) is 11.2. The summed E-state index contributed by atoms with van der Waals surface area (Å²) in [4.78, 5) is 10.3. The van der Waals surface area contributed by atoms with E-state index in [0.29, 0.717) is 12.5 Å². The monoisotopic (exact) mass is 298 g/mol. The highest BCUT2D eigenvalue weighted by molar-refractivity contribution is 6.32. The Balaban J connectivity index is 1.85.